The maximum Gasteiger partial charge on any atom is 0.240 e. The fourth-order valence-electron chi connectivity index (χ4n) is 1.67. The van der Waals surface area contributed by atoms with Crippen molar-refractivity contribution in [1.29, 1.82) is 0 Å². The van der Waals surface area contributed by atoms with Gasteiger partial charge in [0, 0.05) is 18.5 Å². The first-order chi connectivity index (χ1) is 9.53. The molecule has 1 aromatic heterocycles. The van der Waals surface area contributed by atoms with Crippen molar-refractivity contribution in [1.82, 2.24) is 4.72 Å². The fraction of sp³-hybridized carbons (Fsp3) is 0.231. The predicted octanol–water partition coefficient (Wildman–Crippen LogP) is 3.07. The highest BCUT2D eigenvalue weighted by atomic mass is 35.5. The molecule has 20 heavy (non-hydrogen) atoms. The number of nitrogens with one attached hydrogen (secondary N) is 1. The van der Waals surface area contributed by atoms with E-state index in [1.165, 1.54) is 18.4 Å². The van der Waals surface area contributed by atoms with E-state index in [0.29, 0.717) is 4.34 Å². The molecule has 0 unspecified atom stereocenters. The first kappa shape index (κ1) is 15.5. The Bertz CT molecular complexity index is 655. The van der Waals surface area contributed by atoms with Crippen molar-refractivity contribution >= 4 is 33.0 Å². The molecule has 0 bridgehead atoms. The number of methoxy groups -OCH3 is 1. The molecule has 2 rings (SSSR count). The molecule has 1 atom stereocenters. The third kappa shape index (κ3) is 3.80. The Hall–Kier alpha value is -0.920. The van der Waals surface area contributed by atoms with Gasteiger partial charge in [0.1, 0.15) is 6.10 Å². The Labute approximate surface area is 127 Å². The first-order valence-electron chi connectivity index (χ1n) is 5.85. The number of hydrogen-bond donors (Lipinski definition) is 1. The van der Waals surface area contributed by atoms with Gasteiger partial charge in [-0.3, -0.25) is 0 Å². The van der Waals surface area contributed by atoms with E-state index in [9.17, 15) is 8.42 Å². The highest BCUT2D eigenvalue weighted by Gasteiger charge is 2.18. The number of thiophene rings is 1. The maximum atomic E-state index is 12.1. The summed E-state index contributed by atoms with van der Waals surface area (Å²) in [7, 11) is -1.99. The van der Waals surface area contributed by atoms with Crippen molar-refractivity contribution in [3.63, 3.8) is 0 Å². The Morgan fingerprint density at radius 2 is 1.95 bits per heavy atom. The van der Waals surface area contributed by atoms with E-state index < -0.39 is 10.0 Å². The number of rotatable bonds is 6. The van der Waals surface area contributed by atoms with Gasteiger partial charge in [0.2, 0.25) is 10.0 Å². The zero-order chi connectivity index (χ0) is 14.6. The summed E-state index contributed by atoms with van der Waals surface area (Å²) in [5, 5.41) is 0. The molecule has 0 saturated heterocycles. The molecule has 0 radical (unpaired) electrons. The van der Waals surface area contributed by atoms with Crippen LogP contribution in [0.15, 0.2) is 47.4 Å². The lowest BCUT2D eigenvalue weighted by Gasteiger charge is -2.14. The quantitative estimate of drug-likeness (QED) is 0.885. The molecule has 0 aliphatic rings. The van der Waals surface area contributed by atoms with E-state index in [-0.39, 0.29) is 17.5 Å². The summed E-state index contributed by atoms with van der Waals surface area (Å²) in [6, 6.07) is 11.8. The van der Waals surface area contributed by atoms with Crippen LogP contribution in [-0.4, -0.2) is 22.1 Å². The molecule has 1 heterocycles. The summed E-state index contributed by atoms with van der Waals surface area (Å²) in [5.74, 6) is 0. The van der Waals surface area contributed by atoms with Gasteiger partial charge in [0.15, 0.2) is 0 Å². The molecular formula is C13H14ClNO3S2. The van der Waals surface area contributed by atoms with Crippen LogP contribution in [0.5, 0.6) is 0 Å². The van der Waals surface area contributed by atoms with Gasteiger partial charge in [0.05, 0.1) is 9.23 Å². The zero-order valence-corrected chi connectivity index (χ0v) is 13.1. The smallest absolute Gasteiger partial charge is 0.240 e. The fourth-order valence-corrected chi connectivity index (χ4v) is 3.86. The number of sulfonamides is 1. The van der Waals surface area contributed by atoms with E-state index in [2.05, 4.69) is 4.72 Å². The SMILES string of the molecule is CO[C@H](CNS(=O)(=O)c1ccccc1)c1ccc(Cl)s1. The molecule has 7 heteroatoms. The van der Waals surface area contributed by atoms with Crippen LogP contribution in [0.25, 0.3) is 0 Å². The molecule has 0 fully saturated rings. The normalized spacial score (nSPS) is 13.3. The van der Waals surface area contributed by atoms with Crippen LogP contribution in [0.4, 0.5) is 0 Å². The molecular weight excluding hydrogens is 318 g/mol. The van der Waals surface area contributed by atoms with Crippen molar-refractivity contribution in [3.05, 3.63) is 51.7 Å². The summed E-state index contributed by atoms with van der Waals surface area (Å²) in [5.41, 5.74) is 0. The minimum absolute atomic E-state index is 0.157. The third-order valence-corrected chi connectivity index (χ3v) is 5.47. The second kappa shape index (κ2) is 6.69. The molecule has 0 spiro atoms. The van der Waals surface area contributed by atoms with E-state index >= 15 is 0 Å². The van der Waals surface area contributed by atoms with Gasteiger partial charge in [0.25, 0.3) is 0 Å². The van der Waals surface area contributed by atoms with E-state index in [4.69, 9.17) is 16.3 Å². The maximum absolute atomic E-state index is 12.1. The van der Waals surface area contributed by atoms with E-state index in [1.807, 2.05) is 6.07 Å². The van der Waals surface area contributed by atoms with Crippen LogP contribution in [0.1, 0.15) is 11.0 Å². The Morgan fingerprint density at radius 1 is 1.25 bits per heavy atom. The predicted molar refractivity (Wildman–Crippen MR) is 80.7 cm³/mol. The van der Waals surface area contributed by atoms with Crippen molar-refractivity contribution in [2.45, 2.75) is 11.0 Å². The largest absolute Gasteiger partial charge is 0.375 e. The lowest BCUT2D eigenvalue weighted by Crippen LogP contribution is -2.29. The van der Waals surface area contributed by atoms with Gasteiger partial charge in [-0.1, -0.05) is 29.8 Å². The number of halogens is 1. The van der Waals surface area contributed by atoms with Gasteiger partial charge in [-0.15, -0.1) is 11.3 Å². The second-order valence-corrected chi connectivity index (χ2v) is 7.54. The van der Waals surface area contributed by atoms with Crippen molar-refractivity contribution < 1.29 is 13.2 Å². The van der Waals surface area contributed by atoms with Crippen LogP contribution in [0, 0.1) is 0 Å². The average Bonchev–Trinajstić information content (AvgIpc) is 2.87. The molecule has 0 aliphatic heterocycles. The minimum atomic E-state index is -3.52. The van der Waals surface area contributed by atoms with E-state index in [1.54, 1.807) is 36.4 Å². The summed E-state index contributed by atoms with van der Waals surface area (Å²) in [4.78, 5) is 1.12. The van der Waals surface area contributed by atoms with Crippen LogP contribution in [0.3, 0.4) is 0 Å². The summed E-state index contributed by atoms with van der Waals surface area (Å²) >= 11 is 7.24. The van der Waals surface area contributed by atoms with Gasteiger partial charge < -0.3 is 4.74 Å². The minimum Gasteiger partial charge on any atom is -0.375 e. The standard InChI is InChI=1S/C13H14ClNO3S2/c1-18-11(12-7-8-13(14)19-12)9-15-20(16,17)10-5-3-2-4-6-10/h2-8,11,15H,9H2,1H3/t11-/m1/s1. The van der Waals surface area contributed by atoms with Crippen molar-refractivity contribution in [2.75, 3.05) is 13.7 Å². The van der Waals surface area contributed by atoms with Crippen molar-refractivity contribution in [2.24, 2.45) is 0 Å². The summed E-state index contributed by atoms with van der Waals surface area (Å²) in [6.45, 7) is 0.157. The second-order valence-electron chi connectivity index (χ2n) is 4.03. The number of hydrogen-bond acceptors (Lipinski definition) is 4. The molecule has 0 saturated carbocycles. The number of benzene rings is 1. The molecule has 1 N–H and O–H groups in total. The highest BCUT2D eigenvalue weighted by molar-refractivity contribution is 7.89. The lowest BCUT2D eigenvalue weighted by atomic mass is 10.3. The van der Waals surface area contributed by atoms with Gasteiger partial charge >= 0.3 is 0 Å². The molecule has 2 aromatic rings. The topological polar surface area (TPSA) is 55.4 Å². The summed E-state index contributed by atoms with van der Waals surface area (Å²) < 4.78 is 32.7. The van der Waals surface area contributed by atoms with Crippen LogP contribution in [0.2, 0.25) is 4.34 Å². The molecule has 0 amide bonds. The first-order valence-corrected chi connectivity index (χ1v) is 8.53. The van der Waals surface area contributed by atoms with Gasteiger partial charge in [-0.05, 0) is 24.3 Å². The highest BCUT2D eigenvalue weighted by Crippen LogP contribution is 2.28. The Balaban J connectivity index is 2.07. The third-order valence-electron chi connectivity index (χ3n) is 2.71. The average molecular weight is 332 g/mol. The molecule has 108 valence electrons. The number of ether oxygens (including phenoxy) is 1. The molecule has 4 nitrogen and oxygen atoms in total. The van der Waals surface area contributed by atoms with E-state index in [0.717, 1.165) is 4.88 Å². The Morgan fingerprint density at radius 3 is 2.50 bits per heavy atom. The summed E-state index contributed by atoms with van der Waals surface area (Å²) in [6.07, 6.45) is -0.356. The van der Waals surface area contributed by atoms with Gasteiger partial charge in [-0.2, -0.15) is 0 Å². The van der Waals surface area contributed by atoms with Crippen molar-refractivity contribution in [3.8, 4) is 0 Å². The molecule has 0 aliphatic carbocycles. The van der Waals surface area contributed by atoms with Gasteiger partial charge in [-0.25, -0.2) is 13.1 Å². The van der Waals surface area contributed by atoms with Crippen LogP contribution in [-0.2, 0) is 14.8 Å². The monoisotopic (exact) mass is 331 g/mol. The van der Waals surface area contributed by atoms with Crippen LogP contribution < -0.4 is 4.72 Å². The zero-order valence-electron chi connectivity index (χ0n) is 10.7. The lowest BCUT2D eigenvalue weighted by molar-refractivity contribution is 0.110. The van der Waals surface area contributed by atoms with Crippen LogP contribution >= 0.6 is 22.9 Å². The Kier molecular flexibility index (Phi) is 5.17. The molecule has 1 aromatic carbocycles.